The molecule has 0 saturated carbocycles. The number of aliphatic hydroxyl groups is 1. The number of esters is 1. The first kappa shape index (κ1) is 33.5. The van der Waals surface area contributed by atoms with Crippen LogP contribution >= 0.6 is 0 Å². The van der Waals surface area contributed by atoms with Crippen LogP contribution in [-0.4, -0.2) is 53.6 Å². The van der Waals surface area contributed by atoms with Gasteiger partial charge in [-0.1, -0.05) is 93.6 Å². The minimum Gasteiger partial charge on any atom is -0.463 e. The summed E-state index contributed by atoms with van der Waals surface area (Å²) in [6.45, 7) is 13.8. The van der Waals surface area contributed by atoms with Gasteiger partial charge in [0.2, 0.25) is 11.8 Å². The Balaban J connectivity index is 2.08. The van der Waals surface area contributed by atoms with Crippen LogP contribution in [0.15, 0.2) is 86.0 Å². The third-order valence-electron chi connectivity index (χ3n) is 7.05. The van der Waals surface area contributed by atoms with Gasteiger partial charge in [0.05, 0.1) is 24.5 Å². The number of hydrogen-bond acceptors (Lipinski definition) is 5. The number of benzene rings is 2. The van der Waals surface area contributed by atoms with Gasteiger partial charge in [0, 0.05) is 19.5 Å². The Bertz CT molecular complexity index is 1110. The van der Waals surface area contributed by atoms with E-state index in [-0.39, 0.29) is 49.9 Å². The Morgan fingerprint density at radius 3 is 2.02 bits per heavy atom. The van der Waals surface area contributed by atoms with Gasteiger partial charge in [-0.05, 0) is 35.8 Å². The molecule has 0 saturated heterocycles. The van der Waals surface area contributed by atoms with Crippen molar-refractivity contribution in [3.8, 4) is 0 Å². The summed E-state index contributed by atoms with van der Waals surface area (Å²) in [4.78, 5) is 41.3. The average Bonchev–Trinajstić information content (AvgIpc) is 2.94. The van der Waals surface area contributed by atoms with E-state index in [9.17, 15) is 19.5 Å². The Labute approximate surface area is 245 Å². The van der Waals surface area contributed by atoms with Crippen molar-refractivity contribution in [2.45, 2.75) is 59.0 Å². The molecule has 2 aromatic carbocycles. The smallest absolute Gasteiger partial charge is 0.309 e. The Kier molecular flexibility index (Phi) is 14.0. The molecule has 3 atom stereocenters. The molecule has 2 amide bonds. The van der Waals surface area contributed by atoms with E-state index in [1.54, 1.807) is 17.1 Å². The maximum absolute atomic E-state index is 13.5. The number of nitrogens with zero attached hydrogens (tertiary/aromatic N) is 1. The largest absolute Gasteiger partial charge is 0.463 e. The molecule has 0 bridgehead atoms. The minimum atomic E-state index is -0.649. The highest BCUT2D eigenvalue weighted by atomic mass is 16.5. The third kappa shape index (κ3) is 11.7. The highest BCUT2D eigenvalue weighted by Crippen LogP contribution is 2.23. The summed E-state index contributed by atoms with van der Waals surface area (Å²) in [5.41, 5.74) is 1.56. The number of amides is 2. The van der Waals surface area contributed by atoms with Crippen molar-refractivity contribution in [1.29, 1.82) is 0 Å². The van der Waals surface area contributed by atoms with Crippen molar-refractivity contribution >= 4 is 17.8 Å². The summed E-state index contributed by atoms with van der Waals surface area (Å²) in [6.07, 6.45) is 4.64. The first-order valence-electron chi connectivity index (χ1n) is 14.2. The molecule has 222 valence electrons. The monoisotopic (exact) mass is 562 g/mol. The van der Waals surface area contributed by atoms with Crippen molar-refractivity contribution in [1.82, 2.24) is 10.2 Å². The number of nitrogens with one attached hydrogen (secondary N) is 1. The molecule has 2 aromatic rings. The molecular formula is C34H46N2O5. The van der Waals surface area contributed by atoms with Crippen molar-refractivity contribution in [3.63, 3.8) is 0 Å². The second kappa shape index (κ2) is 17.2. The first-order valence-corrected chi connectivity index (χ1v) is 14.2. The van der Waals surface area contributed by atoms with E-state index in [4.69, 9.17) is 4.74 Å². The molecule has 0 fully saturated rings. The van der Waals surface area contributed by atoms with E-state index in [1.165, 1.54) is 0 Å². The van der Waals surface area contributed by atoms with Gasteiger partial charge in [0.25, 0.3) is 0 Å². The number of hydrogen-bond donors (Lipinski definition) is 2. The third-order valence-corrected chi connectivity index (χ3v) is 7.05. The number of rotatable bonds is 17. The Morgan fingerprint density at radius 2 is 1.49 bits per heavy atom. The van der Waals surface area contributed by atoms with Crippen molar-refractivity contribution in [3.05, 3.63) is 97.1 Å². The summed E-state index contributed by atoms with van der Waals surface area (Å²) >= 11 is 0. The molecule has 0 radical (unpaired) electrons. The number of ether oxygens (including phenoxy) is 1. The average molecular weight is 563 g/mol. The lowest BCUT2D eigenvalue weighted by Gasteiger charge is -2.33. The first-order chi connectivity index (χ1) is 19.6. The quantitative estimate of drug-likeness (QED) is 0.207. The van der Waals surface area contributed by atoms with Gasteiger partial charge in [-0.25, -0.2) is 0 Å². The van der Waals surface area contributed by atoms with Crippen LogP contribution in [0, 0.1) is 17.3 Å². The van der Waals surface area contributed by atoms with E-state index < -0.39 is 17.4 Å². The molecule has 0 heterocycles. The van der Waals surface area contributed by atoms with E-state index in [2.05, 4.69) is 18.5 Å². The molecule has 0 unspecified atom stereocenters. The standard InChI is InChI=1S/C34H46N2O5/c1-6-14-28(23-31(38)36(20-21-37)24-27-18-12-9-13-19-27)32(39)35-30(34(3,4)5)25-41-33(40)29(15-7-2)22-26-16-10-8-11-17-26/h6-13,16-19,28-30,37H,1-2,14-15,20-25H2,3-5H3,(H,35,39)/t28-,29-,30-/m1/s1. The summed E-state index contributed by atoms with van der Waals surface area (Å²) in [7, 11) is 0. The maximum Gasteiger partial charge on any atom is 0.309 e. The summed E-state index contributed by atoms with van der Waals surface area (Å²) < 4.78 is 5.75. The molecule has 0 aromatic heterocycles. The normalized spacial score (nSPS) is 13.4. The van der Waals surface area contributed by atoms with Gasteiger partial charge in [0.1, 0.15) is 6.61 Å². The van der Waals surface area contributed by atoms with Crippen LogP contribution in [0.1, 0.15) is 51.2 Å². The van der Waals surface area contributed by atoms with Gasteiger partial charge in [-0.2, -0.15) is 0 Å². The van der Waals surface area contributed by atoms with Crippen molar-refractivity contribution in [2.24, 2.45) is 17.3 Å². The zero-order valence-corrected chi connectivity index (χ0v) is 24.8. The predicted molar refractivity (Wildman–Crippen MR) is 163 cm³/mol. The molecule has 0 aliphatic heterocycles. The molecule has 41 heavy (non-hydrogen) atoms. The topological polar surface area (TPSA) is 95.9 Å². The van der Waals surface area contributed by atoms with Crippen LogP contribution in [0.25, 0.3) is 0 Å². The van der Waals surface area contributed by atoms with E-state index in [1.807, 2.05) is 81.4 Å². The van der Waals surface area contributed by atoms with Gasteiger partial charge < -0.3 is 20.1 Å². The van der Waals surface area contributed by atoms with Crippen molar-refractivity contribution < 1.29 is 24.2 Å². The SMILES string of the molecule is C=CC[C@H](CC(=O)N(CCO)Cc1ccccc1)C(=O)N[C@H](COC(=O)[C@H](CC=C)Cc1ccccc1)C(C)(C)C. The lowest BCUT2D eigenvalue weighted by molar-refractivity contribution is -0.151. The summed E-state index contributed by atoms with van der Waals surface area (Å²) in [5, 5.41) is 12.6. The van der Waals surface area contributed by atoms with Crippen molar-refractivity contribution in [2.75, 3.05) is 19.8 Å². The van der Waals surface area contributed by atoms with Crippen LogP contribution in [0.2, 0.25) is 0 Å². The van der Waals surface area contributed by atoms with Gasteiger partial charge >= 0.3 is 5.97 Å². The maximum atomic E-state index is 13.5. The lowest BCUT2D eigenvalue weighted by atomic mass is 9.86. The number of carbonyl (C=O) groups is 3. The molecule has 7 heteroatoms. The molecule has 0 spiro atoms. The predicted octanol–water partition coefficient (Wildman–Crippen LogP) is 5.10. The number of aliphatic hydroxyl groups excluding tert-OH is 1. The summed E-state index contributed by atoms with van der Waals surface area (Å²) in [6, 6.07) is 18.8. The minimum absolute atomic E-state index is 0.00983. The van der Waals surface area contributed by atoms with Crippen LogP contribution in [0.3, 0.4) is 0 Å². The fraction of sp³-hybridized carbons (Fsp3) is 0.441. The Morgan fingerprint density at radius 1 is 0.927 bits per heavy atom. The lowest BCUT2D eigenvalue weighted by Crippen LogP contribution is -2.50. The van der Waals surface area contributed by atoms with Gasteiger partial charge in [-0.3, -0.25) is 14.4 Å². The molecule has 2 N–H and O–H groups in total. The highest BCUT2D eigenvalue weighted by Gasteiger charge is 2.32. The molecule has 2 rings (SSSR count). The zero-order chi connectivity index (χ0) is 30.3. The highest BCUT2D eigenvalue weighted by molar-refractivity contribution is 5.86. The van der Waals surface area contributed by atoms with E-state index >= 15 is 0 Å². The number of allylic oxidation sites excluding steroid dienone is 2. The van der Waals surface area contributed by atoms with E-state index in [0.717, 1.165) is 11.1 Å². The second-order valence-corrected chi connectivity index (χ2v) is 11.4. The van der Waals surface area contributed by atoms with Crippen LogP contribution in [0.5, 0.6) is 0 Å². The number of carbonyl (C=O) groups excluding carboxylic acids is 3. The van der Waals surface area contributed by atoms with Gasteiger partial charge in [0.15, 0.2) is 0 Å². The summed E-state index contributed by atoms with van der Waals surface area (Å²) in [5.74, 6) is -1.89. The van der Waals surface area contributed by atoms with Crippen LogP contribution in [-0.2, 0) is 32.1 Å². The van der Waals surface area contributed by atoms with Crippen LogP contribution < -0.4 is 5.32 Å². The molecular weight excluding hydrogens is 516 g/mol. The van der Waals surface area contributed by atoms with Gasteiger partial charge in [-0.15, -0.1) is 13.2 Å². The fourth-order valence-electron chi connectivity index (χ4n) is 4.48. The molecule has 0 aliphatic rings. The zero-order valence-electron chi connectivity index (χ0n) is 24.8. The van der Waals surface area contributed by atoms with E-state index in [0.29, 0.717) is 25.8 Å². The Hall–Kier alpha value is -3.71. The second-order valence-electron chi connectivity index (χ2n) is 11.4. The molecule has 0 aliphatic carbocycles. The fourth-order valence-corrected chi connectivity index (χ4v) is 4.48. The molecule has 7 nitrogen and oxygen atoms in total. The van der Waals surface area contributed by atoms with Crippen LogP contribution in [0.4, 0.5) is 0 Å².